The first-order chi connectivity index (χ1) is 8.88. The lowest BCUT2D eigenvalue weighted by atomic mass is 10.0. The van der Waals surface area contributed by atoms with Gasteiger partial charge in [-0.15, -0.1) is 0 Å². The third-order valence-corrected chi connectivity index (χ3v) is 3.75. The van der Waals surface area contributed by atoms with E-state index in [9.17, 15) is 13.2 Å². The summed E-state index contributed by atoms with van der Waals surface area (Å²) in [7, 11) is 2.07. The van der Waals surface area contributed by atoms with Crippen LogP contribution in [0.2, 0.25) is 0 Å². The second-order valence-electron chi connectivity index (χ2n) is 5.15. The maximum Gasteiger partial charge on any atom is 0.395 e. The molecule has 1 heterocycles. The molecule has 1 aliphatic heterocycles. The first-order valence-corrected chi connectivity index (χ1v) is 6.48. The zero-order valence-corrected chi connectivity index (χ0v) is 11.2. The fourth-order valence-electron chi connectivity index (χ4n) is 2.23. The molecule has 0 unspecified atom stereocenters. The quantitative estimate of drug-likeness (QED) is 0.816. The van der Waals surface area contributed by atoms with Crippen molar-refractivity contribution in [3.63, 3.8) is 0 Å². The molecule has 0 amide bonds. The summed E-state index contributed by atoms with van der Waals surface area (Å²) in [6.45, 7) is 5.02. The van der Waals surface area contributed by atoms with Crippen molar-refractivity contribution < 1.29 is 13.2 Å². The molecule has 0 saturated carbocycles. The van der Waals surface area contributed by atoms with Gasteiger partial charge in [0.2, 0.25) is 0 Å². The molecule has 1 aliphatic rings. The van der Waals surface area contributed by atoms with Gasteiger partial charge in [-0.25, -0.2) is 0 Å². The standard InChI is InChI=1S/C14H19F3N2/c1-11(14(15,16)17)12-3-5-13(6-4-12)19-9-7-18(2)8-10-19/h3-6,11H,7-10H2,1-2H3/t11-/m1/s1. The highest BCUT2D eigenvalue weighted by Gasteiger charge is 2.36. The Labute approximate surface area is 111 Å². The largest absolute Gasteiger partial charge is 0.395 e. The first-order valence-electron chi connectivity index (χ1n) is 6.48. The summed E-state index contributed by atoms with van der Waals surface area (Å²) >= 11 is 0. The van der Waals surface area contributed by atoms with Gasteiger partial charge in [0.25, 0.3) is 0 Å². The van der Waals surface area contributed by atoms with E-state index in [0.29, 0.717) is 5.56 Å². The van der Waals surface area contributed by atoms with E-state index >= 15 is 0 Å². The van der Waals surface area contributed by atoms with Crippen LogP contribution in [0.3, 0.4) is 0 Å². The van der Waals surface area contributed by atoms with Gasteiger partial charge in [-0.2, -0.15) is 13.2 Å². The molecule has 1 aromatic rings. The van der Waals surface area contributed by atoms with Gasteiger partial charge < -0.3 is 9.80 Å². The number of hydrogen-bond acceptors (Lipinski definition) is 2. The third-order valence-electron chi connectivity index (χ3n) is 3.75. The maximum absolute atomic E-state index is 12.6. The number of hydrogen-bond donors (Lipinski definition) is 0. The van der Waals surface area contributed by atoms with Gasteiger partial charge in [0.15, 0.2) is 0 Å². The Balaban J connectivity index is 2.06. The zero-order valence-electron chi connectivity index (χ0n) is 11.2. The molecule has 1 aromatic carbocycles. The van der Waals surface area contributed by atoms with Crippen molar-refractivity contribution in [1.82, 2.24) is 4.90 Å². The Bertz CT molecular complexity index is 406. The van der Waals surface area contributed by atoms with Gasteiger partial charge in [0.1, 0.15) is 0 Å². The van der Waals surface area contributed by atoms with Crippen LogP contribution in [-0.4, -0.2) is 44.3 Å². The van der Waals surface area contributed by atoms with Gasteiger partial charge in [0.05, 0.1) is 5.92 Å². The highest BCUT2D eigenvalue weighted by Crippen LogP contribution is 2.34. The summed E-state index contributed by atoms with van der Waals surface area (Å²) in [4.78, 5) is 4.46. The molecule has 19 heavy (non-hydrogen) atoms. The van der Waals surface area contributed by atoms with Crippen molar-refractivity contribution in [3.8, 4) is 0 Å². The molecule has 0 spiro atoms. The Hall–Kier alpha value is -1.23. The van der Waals surface area contributed by atoms with Crippen LogP contribution < -0.4 is 4.90 Å². The van der Waals surface area contributed by atoms with E-state index < -0.39 is 12.1 Å². The van der Waals surface area contributed by atoms with E-state index in [2.05, 4.69) is 16.8 Å². The van der Waals surface area contributed by atoms with Crippen LogP contribution in [0.5, 0.6) is 0 Å². The van der Waals surface area contributed by atoms with E-state index in [1.165, 1.54) is 6.92 Å². The van der Waals surface area contributed by atoms with E-state index in [0.717, 1.165) is 31.9 Å². The highest BCUT2D eigenvalue weighted by atomic mass is 19.4. The predicted octanol–water partition coefficient (Wildman–Crippen LogP) is 3.10. The zero-order chi connectivity index (χ0) is 14.0. The molecule has 2 nitrogen and oxygen atoms in total. The molecule has 0 bridgehead atoms. The molecule has 2 rings (SSSR count). The van der Waals surface area contributed by atoms with Crippen LogP contribution in [0.1, 0.15) is 18.4 Å². The number of alkyl halides is 3. The van der Waals surface area contributed by atoms with Crippen LogP contribution in [-0.2, 0) is 0 Å². The Kier molecular flexibility index (Phi) is 4.04. The number of anilines is 1. The number of benzene rings is 1. The summed E-state index contributed by atoms with van der Waals surface area (Å²) < 4.78 is 37.9. The SMILES string of the molecule is C[C@H](c1ccc(N2CCN(C)CC2)cc1)C(F)(F)F. The molecule has 1 fully saturated rings. The normalized spacial score (nSPS) is 19.5. The first kappa shape index (κ1) is 14.2. The van der Waals surface area contributed by atoms with Crippen LogP contribution >= 0.6 is 0 Å². The van der Waals surface area contributed by atoms with Gasteiger partial charge in [0, 0.05) is 31.9 Å². The van der Waals surface area contributed by atoms with Crippen LogP contribution in [0, 0.1) is 0 Å². The third kappa shape index (κ3) is 3.41. The van der Waals surface area contributed by atoms with E-state index in [1.807, 2.05) is 0 Å². The van der Waals surface area contributed by atoms with Crippen molar-refractivity contribution >= 4 is 5.69 Å². The van der Waals surface area contributed by atoms with Gasteiger partial charge in [-0.1, -0.05) is 12.1 Å². The molecule has 5 heteroatoms. The minimum Gasteiger partial charge on any atom is -0.369 e. The minimum atomic E-state index is -4.17. The lowest BCUT2D eigenvalue weighted by molar-refractivity contribution is -0.146. The molecule has 0 N–H and O–H groups in total. The molecular formula is C14H19F3N2. The molecule has 106 valence electrons. The Morgan fingerprint density at radius 2 is 1.53 bits per heavy atom. The number of nitrogens with zero attached hydrogens (tertiary/aromatic N) is 2. The van der Waals surface area contributed by atoms with E-state index in [4.69, 9.17) is 0 Å². The van der Waals surface area contributed by atoms with Gasteiger partial charge >= 0.3 is 6.18 Å². The van der Waals surface area contributed by atoms with Gasteiger partial charge in [-0.05, 0) is 31.7 Å². The van der Waals surface area contributed by atoms with E-state index in [-0.39, 0.29) is 0 Å². The summed E-state index contributed by atoms with van der Waals surface area (Å²) in [6.07, 6.45) is -4.17. The molecule has 0 radical (unpaired) electrons. The van der Waals surface area contributed by atoms with Crippen molar-refractivity contribution in [1.29, 1.82) is 0 Å². The number of likely N-dealkylation sites (N-methyl/N-ethyl adjacent to an activating group) is 1. The summed E-state index contributed by atoms with van der Waals surface area (Å²) in [5.74, 6) is -1.41. The summed E-state index contributed by atoms with van der Waals surface area (Å²) in [5.41, 5.74) is 1.33. The lowest BCUT2D eigenvalue weighted by Gasteiger charge is -2.34. The Morgan fingerprint density at radius 3 is 2.00 bits per heavy atom. The second kappa shape index (κ2) is 5.41. The van der Waals surface area contributed by atoms with Crippen LogP contribution in [0.25, 0.3) is 0 Å². The number of piperazine rings is 1. The molecular weight excluding hydrogens is 253 g/mol. The smallest absolute Gasteiger partial charge is 0.369 e. The highest BCUT2D eigenvalue weighted by molar-refractivity contribution is 5.48. The molecule has 0 aromatic heterocycles. The average Bonchev–Trinajstić information content (AvgIpc) is 2.38. The van der Waals surface area contributed by atoms with Crippen LogP contribution in [0.4, 0.5) is 18.9 Å². The maximum atomic E-state index is 12.6. The molecule has 0 aliphatic carbocycles. The number of halogens is 3. The fraction of sp³-hybridized carbons (Fsp3) is 0.571. The fourth-order valence-corrected chi connectivity index (χ4v) is 2.23. The van der Waals surface area contributed by atoms with Crippen molar-refractivity contribution in [2.24, 2.45) is 0 Å². The average molecular weight is 272 g/mol. The predicted molar refractivity (Wildman–Crippen MR) is 70.6 cm³/mol. The van der Waals surface area contributed by atoms with Crippen molar-refractivity contribution in [3.05, 3.63) is 29.8 Å². The van der Waals surface area contributed by atoms with Crippen molar-refractivity contribution in [2.75, 3.05) is 38.1 Å². The van der Waals surface area contributed by atoms with E-state index in [1.54, 1.807) is 24.3 Å². The molecule has 1 atom stereocenters. The Morgan fingerprint density at radius 1 is 1.00 bits per heavy atom. The topological polar surface area (TPSA) is 6.48 Å². The molecule has 1 saturated heterocycles. The summed E-state index contributed by atoms with van der Waals surface area (Å²) in [6, 6.07) is 6.77. The second-order valence-corrected chi connectivity index (χ2v) is 5.15. The summed E-state index contributed by atoms with van der Waals surface area (Å²) in [5, 5.41) is 0. The van der Waals surface area contributed by atoms with Crippen molar-refractivity contribution in [2.45, 2.75) is 19.0 Å². The van der Waals surface area contributed by atoms with Gasteiger partial charge in [-0.3, -0.25) is 0 Å². The monoisotopic (exact) mass is 272 g/mol. The lowest BCUT2D eigenvalue weighted by Crippen LogP contribution is -2.44. The minimum absolute atomic E-state index is 0.324. The van der Waals surface area contributed by atoms with Crippen LogP contribution in [0.15, 0.2) is 24.3 Å². The number of rotatable bonds is 2.